The van der Waals surface area contributed by atoms with E-state index in [1.54, 1.807) is 0 Å². The molecule has 0 bridgehead atoms. The lowest BCUT2D eigenvalue weighted by Gasteiger charge is -2.10. The predicted molar refractivity (Wildman–Crippen MR) is 69.2 cm³/mol. The lowest BCUT2D eigenvalue weighted by molar-refractivity contribution is 0.192. The Balaban J connectivity index is 1.99. The van der Waals surface area contributed by atoms with Gasteiger partial charge in [0.15, 0.2) is 0 Å². The second-order valence-corrected chi connectivity index (χ2v) is 4.49. The summed E-state index contributed by atoms with van der Waals surface area (Å²) >= 11 is 7.23. The summed E-state index contributed by atoms with van der Waals surface area (Å²) in [6.45, 7) is 0.278. The molecular formula is C10H11ClN4O2S. The number of anilines is 1. The normalized spacial score (nSPS) is 12.2. The first kappa shape index (κ1) is 13.0. The SMILES string of the molecule is COc1nc(Cl)nc(NCC(O)c2ccsc2)n1. The Labute approximate surface area is 113 Å². The van der Waals surface area contributed by atoms with Crippen LogP contribution in [-0.2, 0) is 0 Å². The number of halogens is 1. The van der Waals surface area contributed by atoms with E-state index in [0.29, 0.717) is 0 Å². The van der Waals surface area contributed by atoms with Gasteiger partial charge in [-0.3, -0.25) is 0 Å². The van der Waals surface area contributed by atoms with Crippen LogP contribution in [0.5, 0.6) is 6.01 Å². The first-order chi connectivity index (χ1) is 8.69. The van der Waals surface area contributed by atoms with E-state index in [1.807, 2.05) is 16.8 Å². The predicted octanol–water partition coefficient (Wildman–Crippen LogP) is 1.74. The van der Waals surface area contributed by atoms with E-state index >= 15 is 0 Å². The van der Waals surface area contributed by atoms with Gasteiger partial charge in [0.2, 0.25) is 11.2 Å². The topological polar surface area (TPSA) is 80.2 Å². The van der Waals surface area contributed by atoms with Gasteiger partial charge in [-0.2, -0.15) is 26.3 Å². The third-order valence-corrected chi connectivity index (χ3v) is 3.02. The Bertz CT molecular complexity index is 509. The Morgan fingerprint density at radius 2 is 2.33 bits per heavy atom. The molecule has 1 unspecified atom stereocenters. The van der Waals surface area contributed by atoms with Crippen molar-refractivity contribution < 1.29 is 9.84 Å². The molecule has 2 N–H and O–H groups in total. The first-order valence-electron chi connectivity index (χ1n) is 5.08. The molecule has 0 saturated carbocycles. The van der Waals surface area contributed by atoms with Gasteiger partial charge in [-0.1, -0.05) is 0 Å². The van der Waals surface area contributed by atoms with Gasteiger partial charge in [-0.15, -0.1) is 0 Å². The molecule has 96 valence electrons. The van der Waals surface area contributed by atoms with E-state index in [2.05, 4.69) is 20.3 Å². The Kier molecular flexibility index (Phi) is 4.29. The highest BCUT2D eigenvalue weighted by molar-refractivity contribution is 7.07. The maximum absolute atomic E-state index is 9.88. The van der Waals surface area contributed by atoms with Crippen LogP contribution in [0, 0.1) is 0 Å². The number of aliphatic hydroxyl groups is 1. The fourth-order valence-electron chi connectivity index (χ4n) is 1.27. The van der Waals surface area contributed by atoms with Crippen molar-refractivity contribution >= 4 is 28.9 Å². The van der Waals surface area contributed by atoms with E-state index in [-0.39, 0.29) is 23.8 Å². The average Bonchev–Trinajstić information content (AvgIpc) is 2.89. The number of nitrogens with zero attached hydrogens (tertiary/aromatic N) is 3. The Morgan fingerprint density at radius 1 is 1.50 bits per heavy atom. The minimum atomic E-state index is -0.627. The van der Waals surface area contributed by atoms with Gasteiger partial charge in [-0.25, -0.2) is 0 Å². The highest BCUT2D eigenvalue weighted by Crippen LogP contribution is 2.17. The maximum Gasteiger partial charge on any atom is 0.322 e. The molecule has 0 fully saturated rings. The summed E-state index contributed by atoms with van der Waals surface area (Å²) < 4.78 is 4.87. The molecule has 0 spiro atoms. The van der Waals surface area contributed by atoms with E-state index < -0.39 is 6.10 Å². The van der Waals surface area contributed by atoms with Crippen molar-refractivity contribution in [3.63, 3.8) is 0 Å². The summed E-state index contributed by atoms with van der Waals surface area (Å²) in [7, 11) is 1.44. The summed E-state index contributed by atoms with van der Waals surface area (Å²) in [6.07, 6.45) is -0.627. The third kappa shape index (κ3) is 3.28. The molecule has 8 heteroatoms. The van der Waals surface area contributed by atoms with Gasteiger partial charge in [0.1, 0.15) is 0 Å². The molecule has 2 heterocycles. The van der Waals surface area contributed by atoms with Gasteiger partial charge in [0, 0.05) is 6.54 Å². The Morgan fingerprint density at radius 3 is 3.00 bits per heavy atom. The number of thiophene rings is 1. The van der Waals surface area contributed by atoms with Crippen LogP contribution < -0.4 is 10.1 Å². The summed E-state index contributed by atoms with van der Waals surface area (Å²) in [5.74, 6) is 0.265. The second kappa shape index (κ2) is 5.94. The second-order valence-electron chi connectivity index (χ2n) is 3.37. The van der Waals surface area contributed by atoms with Gasteiger partial charge in [-0.05, 0) is 34.0 Å². The first-order valence-corrected chi connectivity index (χ1v) is 6.40. The van der Waals surface area contributed by atoms with Crippen LogP contribution >= 0.6 is 22.9 Å². The summed E-state index contributed by atoms with van der Waals surface area (Å²) in [5, 5.41) is 16.6. The van der Waals surface area contributed by atoms with E-state index in [0.717, 1.165) is 5.56 Å². The van der Waals surface area contributed by atoms with Gasteiger partial charge >= 0.3 is 6.01 Å². The highest BCUT2D eigenvalue weighted by Gasteiger charge is 2.10. The molecule has 6 nitrogen and oxygen atoms in total. The molecule has 1 atom stereocenters. The monoisotopic (exact) mass is 286 g/mol. The quantitative estimate of drug-likeness (QED) is 0.871. The number of hydrogen-bond acceptors (Lipinski definition) is 7. The number of hydrogen-bond donors (Lipinski definition) is 2. The molecule has 2 aromatic rings. The summed E-state index contributed by atoms with van der Waals surface area (Å²) in [5.41, 5.74) is 0.847. The van der Waals surface area contributed by atoms with Crippen molar-refractivity contribution in [1.82, 2.24) is 15.0 Å². The van der Waals surface area contributed by atoms with Crippen LogP contribution in [0.25, 0.3) is 0 Å². The van der Waals surface area contributed by atoms with Crippen molar-refractivity contribution in [3.8, 4) is 6.01 Å². The largest absolute Gasteiger partial charge is 0.467 e. The zero-order valence-electron chi connectivity index (χ0n) is 9.50. The molecule has 0 radical (unpaired) electrons. The van der Waals surface area contributed by atoms with Crippen molar-refractivity contribution in [2.75, 3.05) is 19.0 Å². The summed E-state index contributed by atoms with van der Waals surface area (Å²) in [6, 6.07) is 1.99. The number of methoxy groups -OCH3 is 1. The molecule has 0 amide bonds. The molecular weight excluding hydrogens is 276 g/mol. The molecule has 0 aliphatic rings. The smallest absolute Gasteiger partial charge is 0.322 e. The van der Waals surface area contributed by atoms with Crippen molar-refractivity contribution in [2.24, 2.45) is 0 Å². The van der Waals surface area contributed by atoms with Gasteiger partial charge in [0.25, 0.3) is 0 Å². The third-order valence-electron chi connectivity index (χ3n) is 2.15. The average molecular weight is 287 g/mol. The maximum atomic E-state index is 9.88. The summed E-state index contributed by atoms with van der Waals surface area (Å²) in [4.78, 5) is 11.6. The molecule has 0 aliphatic carbocycles. The standard InChI is InChI=1S/C10H11ClN4O2S/c1-17-10-14-8(11)13-9(15-10)12-4-7(16)6-2-3-18-5-6/h2-3,5,7,16H,4H2,1H3,(H,12,13,14,15). The molecule has 0 aromatic carbocycles. The van der Waals surface area contributed by atoms with E-state index in [9.17, 15) is 5.11 Å². The van der Waals surface area contributed by atoms with E-state index in [4.69, 9.17) is 16.3 Å². The zero-order valence-corrected chi connectivity index (χ0v) is 11.1. The molecule has 2 rings (SSSR count). The van der Waals surface area contributed by atoms with Crippen LogP contribution in [0.1, 0.15) is 11.7 Å². The van der Waals surface area contributed by atoms with Crippen molar-refractivity contribution in [3.05, 3.63) is 27.7 Å². The molecule has 0 aliphatic heterocycles. The number of rotatable bonds is 5. The fraction of sp³-hybridized carbons (Fsp3) is 0.300. The van der Waals surface area contributed by atoms with Gasteiger partial charge < -0.3 is 15.2 Å². The van der Waals surface area contributed by atoms with Crippen molar-refractivity contribution in [1.29, 1.82) is 0 Å². The zero-order chi connectivity index (χ0) is 13.0. The minimum absolute atomic E-state index is 0.0365. The van der Waals surface area contributed by atoms with Crippen LogP contribution in [0.4, 0.5) is 5.95 Å². The van der Waals surface area contributed by atoms with Crippen LogP contribution in [0.15, 0.2) is 16.8 Å². The van der Waals surface area contributed by atoms with Crippen LogP contribution in [-0.4, -0.2) is 33.7 Å². The number of ether oxygens (including phenoxy) is 1. The number of aliphatic hydroxyl groups excluding tert-OH is 1. The number of aromatic nitrogens is 3. The molecule has 2 aromatic heterocycles. The highest BCUT2D eigenvalue weighted by atomic mass is 35.5. The lowest BCUT2D eigenvalue weighted by Crippen LogP contribution is -2.14. The van der Waals surface area contributed by atoms with Crippen LogP contribution in [0.3, 0.4) is 0 Å². The minimum Gasteiger partial charge on any atom is -0.467 e. The van der Waals surface area contributed by atoms with Crippen molar-refractivity contribution in [2.45, 2.75) is 6.10 Å². The lowest BCUT2D eigenvalue weighted by atomic mass is 10.2. The number of nitrogens with one attached hydrogen (secondary N) is 1. The molecule has 0 saturated heterocycles. The van der Waals surface area contributed by atoms with E-state index in [1.165, 1.54) is 18.4 Å². The molecule has 18 heavy (non-hydrogen) atoms. The van der Waals surface area contributed by atoms with Gasteiger partial charge in [0.05, 0.1) is 13.2 Å². The Hall–Kier alpha value is -1.44. The van der Waals surface area contributed by atoms with Crippen LogP contribution in [0.2, 0.25) is 5.28 Å². The fourth-order valence-corrected chi connectivity index (χ4v) is 2.13.